The Morgan fingerprint density at radius 1 is 0.509 bits per heavy atom. The molecule has 0 N–H and O–H groups in total. The van der Waals surface area contributed by atoms with E-state index in [2.05, 4.69) is 134 Å². The number of ether oxygens (including phenoxy) is 3. The number of nitrogens with zero attached hydrogens (tertiary/aromatic N) is 3. The molecule has 0 bridgehead atoms. The second-order valence-corrected chi connectivity index (χ2v) is 11.6. The molecule has 0 aromatic rings. The zero-order valence-corrected chi connectivity index (χ0v) is 45.2. The van der Waals surface area contributed by atoms with Gasteiger partial charge in [-0.2, -0.15) is 20.8 Å². The summed E-state index contributed by atoms with van der Waals surface area (Å²) < 4.78 is 15.9. The topological polar surface area (TPSA) is 70.0 Å². The van der Waals surface area contributed by atoms with Crippen LogP contribution in [0.5, 0.6) is 0 Å². The van der Waals surface area contributed by atoms with Gasteiger partial charge in [-0.15, -0.1) is 31.2 Å². The van der Waals surface area contributed by atoms with Crippen molar-refractivity contribution in [2.75, 3.05) is 33.9 Å². The maximum Gasteiger partial charge on any atom is 0.0466 e. The van der Waals surface area contributed by atoms with Crippen LogP contribution in [0.15, 0.2) is 0 Å². The molecular weight excluding hydrogens is 961 g/mol. The Morgan fingerprint density at radius 2 is 0.895 bits per heavy atom. The molecule has 6 atom stereocenters. The summed E-state index contributed by atoms with van der Waals surface area (Å²) in [5.74, 6) is 0. The number of methoxy groups -OCH3 is 2. The molecule has 3 fully saturated rings. The summed E-state index contributed by atoms with van der Waals surface area (Å²) >= 11 is 0. The third kappa shape index (κ3) is 93.7. The standard InChI is InChI=1S/C9H18NO.2C7H14NO.5C3H8.3C2H5.4CH4.3Tc/c1-3-7-11-9-5-6-10-8(9)4-2;1-3-6-4-7(9-2)5-8-6;1-3-6-4-5-7(8-6)9-2;5*1-3-2;3*1-2;;;;;;;/h8-9H,3-7H2,1-2H3;2*6-7H,3-5H2,1-2H3;5*3H2,1-2H3;3*1H2,2H3;4*1H4;;;/q3*-1;;;;;;3*-1;;;;;;;. The Kier molecular flexibility index (Phi) is 192. The van der Waals surface area contributed by atoms with Crippen molar-refractivity contribution in [2.45, 2.75) is 267 Å². The Balaban J connectivity index is -0.0000000276. The summed E-state index contributed by atoms with van der Waals surface area (Å²) in [7, 11) is 3.49. The van der Waals surface area contributed by atoms with Crippen LogP contribution in [0.4, 0.5) is 0 Å². The molecule has 0 amide bonds. The first-order valence-corrected chi connectivity index (χ1v) is 21.0. The van der Waals surface area contributed by atoms with Gasteiger partial charge >= 0.3 is 0 Å². The van der Waals surface area contributed by atoms with E-state index in [9.17, 15) is 0 Å². The Labute approximate surface area is 409 Å². The van der Waals surface area contributed by atoms with Gasteiger partial charge in [-0.1, -0.05) is 184 Å². The Bertz CT molecular complexity index is 422. The molecule has 369 valence electrons. The first-order valence-electron chi connectivity index (χ1n) is 21.0. The van der Waals surface area contributed by atoms with E-state index >= 15 is 0 Å². The summed E-state index contributed by atoms with van der Waals surface area (Å²) in [6.45, 7) is 47.7. The van der Waals surface area contributed by atoms with Gasteiger partial charge in [0.1, 0.15) is 0 Å². The summed E-state index contributed by atoms with van der Waals surface area (Å²) in [6.07, 6.45) is 16.5. The van der Waals surface area contributed by atoms with E-state index in [-0.39, 0.29) is 96.3 Å². The van der Waals surface area contributed by atoms with Gasteiger partial charge in [0.25, 0.3) is 0 Å². The molecule has 6 unspecified atom stereocenters. The smallest absolute Gasteiger partial charge is 0.0466 e. The van der Waals surface area contributed by atoms with Gasteiger partial charge in [-0.05, 0) is 31.9 Å². The SMILES string of the molecule is C.C.C.C.CCC.CCC.CCC.CCC.CCC.CCC1CC(OC)C[N-]1.CCC1CCC(OC)[N-]1.CCCOC1CC[N-]C1CC.[CH2-]C.[CH2-]C.[CH2-]C.[Tc].[Tc].[Tc]. The molecule has 57 heavy (non-hydrogen) atoms. The maximum atomic E-state index is 5.66. The minimum Gasteiger partial charge on any atom is -0.657 e. The Morgan fingerprint density at radius 3 is 1.12 bits per heavy atom. The van der Waals surface area contributed by atoms with Crippen molar-refractivity contribution >= 4 is 0 Å². The largest absolute Gasteiger partial charge is 0.657 e. The average Bonchev–Trinajstić information content (AvgIpc) is 3.93. The van der Waals surface area contributed by atoms with E-state index in [1.165, 1.54) is 51.4 Å². The van der Waals surface area contributed by atoms with Crippen LogP contribution in [0.3, 0.4) is 0 Å². The second kappa shape index (κ2) is 107. The van der Waals surface area contributed by atoms with Crippen molar-refractivity contribution in [3.05, 3.63) is 36.7 Å². The van der Waals surface area contributed by atoms with Crippen LogP contribution in [-0.4, -0.2) is 70.5 Å². The van der Waals surface area contributed by atoms with Gasteiger partial charge in [0, 0.05) is 93.4 Å². The summed E-state index contributed by atoms with van der Waals surface area (Å²) in [6, 6.07) is 1.64. The predicted octanol–water partition coefficient (Wildman–Crippen LogP) is 17.9. The minimum atomic E-state index is 0. The van der Waals surface area contributed by atoms with E-state index in [4.69, 9.17) is 14.2 Å². The third-order valence-electron chi connectivity index (χ3n) is 5.93. The van der Waals surface area contributed by atoms with Crippen LogP contribution in [0.1, 0.15) is 231 Å². The first-order chi connectivity index (χ1) is 24.2. The van der Waals surface area contributed by atoms with Gasteiger partial charge in [0.05, 0.1) is 0 Å². The molecule has 3 aliphatic rings. The van der Waals surface area contributed by atoms with E-state index in [1.807, 2.05) is 0 Å². The van der Waals surface area contributed by atoms with Crippen molar-refractivity contribution in [1.82, 2.24) is 0 Å². The van der Waals surface area contributed by atoms with Crippen LogP contribution in [-0.2, 0) is 74.5 Å². The molecule has 9 heteroatoms. The second-order valence-electron chi connectivity index (χ2n) is 11.6. The molecule has 3 saturated heterocycles. The average molecular weight is 1080 g/mol. The van der Waals surface area contributed by atoms with Crippen molar-refractivity contribution in [3.8, 4) is 0 Å². The van der Waals surface area contributed by atoms with Gasteiger partial charge in [0.2, 0.25) is 0 Å². The van der Waals surface area contributed by atoms with Crippen LogP contribution in [0.25, 0.3) is 16.0 Å². The van der Waals surface area contributed by atoms with Crippen LogP contribution >= 0.6 is 0 Å². The van der Waals surface area contributed by atoms with Crippen LogP contribution in [0.2, 0.25) is 0 Å². The van der Waals surface area contributed by atoms with Gasteiger partial charge in [0.15, 0.2) is 0 Å². The number of hydrogen-bond donors (Lipinski definition) is 0. The molecule has 0 aromatic carbocycles. The third-order valence-corrected chi connectivity index (χ3v) is 5.93. The molecule has 0 spiro atoms. The Hall–Kier alpha value is 1.71. The normalized spacial score (nSPS) is 19.1. The molecule has 0 saturated carbocycles. The molecular formula is C48H117N3O3Tc3-6. The first kappa shape index (κ1) is 102. The maximum absolute atomic E-state index is 5.66. The van der Waals surface area contributed by atoms with E-state index in [0.717, 1.165) is 51.8 Å². The molecule has 3 radical (unpaired) electrons. The van der Waals surface area contributed by atoms with Crippen LogP contribution < -0.4 is 0 Å². The fourth-order valence-electron chi connectivity index (χ4n) is 3.93. The number of hydrogen-bond acceptors (Lipinski definition) is 3. The summed E-state index contributed by atoms with van der Waals surface area (Å²) in [5, 5.41) is 13.2. The molecule has 0 aliphatic carbocycles. The molecule has 3 rings (SSSR count). The quantitative estimate of drug-likeness (QED) is 0.227. The fourth-order valence-corrected chi connectivity index (χ4v) is 3.93. The summed E-state index contributed by atoms with van der Waals surface area (Å²) in [4.78, 5) is 0. The molecule has 6 nitrogen and oxygen atoms in total. The van der Waals surface area contributed by atoms with Crippen LogP contribution in [0, 0.1) is 20.8 Å². The minimum absolute atomic E-state index is 0. The van der Waals surface area contributed by atoms with Gasteiger partial charge < -0.3 is 50.9 Å². The van der Waals surface area contributed by atoms with E-state index < -0.39 is 0 Å². The van der Waals surface area contributed by atoms with Crippen molar-refractivity contribution in [3.63, 3.8) is 0 Å². The number of rotatable bonds is 8. The summed E-state index contributed by atoms with van der Waals surface area (Å²) in [5.41, 5.74) is 0. The molecule has 3 heterocycles. The van der Waals surface area contributed by atoms with Gasteiger partial charge in [-0.25, -0.2) is 0 Å². The molecule has 0 aromatic heterocycles. The predicted molar refractivity (Wildman–Crippen MR) is 262 cm³/mol. The van der Waals surface area contributed by atoms with Crippen molar-refractivity contribution in [1.29, 1.82) is 0 Å². The van der Waals surface area contributed by atoms with Gasteiger partial charge in [-0.3, -0.25) is 0 Å². The van der Waals surface area contributed by atoms with E-state index in [0.29, 0.717) is 30.3 Å². The monoisotopic (exact) mass is 1070 g/mol. The van der Waals surface area contributed by atoms with Crippen molar-refractivity contribution < 1.29 is 74.5 Å². The molecule has 3 aliphatic heterocycles. The fraction of sp³-hybridized carbons (Fsp3) is 0.938. The zero-order chi connectivity index (χ0) is 41.0. The zero-order valence-electron chi connectivity index (χ0n) is 39.6. The van der Waals surface area contributed by atoms with E-state index in [1.54, 1.807) is 35.0 Å². The van der Waals surface area contributed by atoms with Crippen molar-refractivity contribution in [2.24, 2.45) is 0 Å².